The third kappa shape index (κ3) is 3.96. The van der Waals surface area contributed by atoms with E-state index in [-0.39, 0.29) is 5.84 Å². The lowest BCUT2D eigenvalue weighted by atomic mass is 10.2. The zero-order valence-corrected chi connectivity index (χ0v) is 11.2. The van der Waals surface area contributed by atoms with Crippen LogP contribution in [0.2, 0.25) is 0 Å². The van der Waals surface area contributed by atoms with E-state index in [2.05, 4.69) is 28.9 Å². The van der Waals surface area contributed by atoms with Gasteiger partial charge < -0.3 is 15.4 Å². The van der Waals surface area contributed by atoms with Crippen molar-refractivity contribution in [2.75, 3.05) is 31.7 Å². The molecule has 100 valence electrons. The van der Waals surface area contributed by atoms with Gasteiger partial charge in [0, 0.05) is 20.2 Å². The van der Waals surface area contributed by atoms with Crippen LogP contribution in [-0.4, -0.2) is 42.8 Å². The third-order valence-corrected chi connectivity index (χ3v) is 2.44. The Morgan fingerprint density at radius 2 is 2.28 bits per heavy atom. The Labute approximate surface area is 108 Å². The van der Waals surface area contributed by atoms with Crippen molar-refractivity contribution in [2.45, 2.75) is 13.8 Å². The summed E-state index contributed by atoms with van der Waals surface area (Å²) in [5, 5.41) is 15.6. The van der Waals surface area contributed by atoms with Crippen LogP contribution < -0.4 is 10.6 Å². The van der Waals surface area contributed by atoms with E-state index >= 15 is 0 Å². The molecule has 18 heavy (non-hydrogen) atoms. The molecule has 0 saturated carbocycles. The van der Waals surface area contributed by atoms with Crippen LogP contribution in [0.25, 0.3) is 0 Å². The van der Waals surface area contributed by atoms with Gasteiger partial charge in [-0.25, -0.2) is 0 Å². The molecule has 1 aromatic rings. The number of nitrogens with one attached hydrogen (secondary N) is 1. The number of amidine groups is 1. The van der Waals surface area contributed by atoms with Crippen molar-refractivity contribution < 1.29 is 4.74 Å². The van der Waals surface area contributed by atoms with E-state index < -0.39 is 0 Å². The van der Waals surface area contributed by atoms with Gasteiger partial charge in [0.2, 0.25) is 0 Å². The van der Waals surface area contributed by atoms with Crippen LogP contribution in [0.4, 0.5) is 5.82 Å². The summed E-state index contributed by atoms with van der Waals surface area (Å²) < 4.78 is 5.10. The van der Waals surface area contributed by atoms with Crippen molar-refractivity contribution in [1.82, 2.24) is 10.2 Å². The molecule has 0 aliphatic heterocycles. The maximum Gasteiger partial charge on any atom is 0.162 e. The molecule has 0 unspecified atom stereocenters. The Kier molecular flexibility index (Phi) is 5.51. The molecule has 0 aliphatic carbocycles. The van der Waals surface area contributed by atoms with Crippen molar-refractivity contribution in [1.29, 1.82) is 5.41 Å². The standard InChI is InChI=1S/C12H21N5O/c1-9(2)8-17(6-7-18-3)12-10(11(13)14)4-5-15-16-12/h4-5,9H,6-8H2,1-3H3,(H3,13,14). The molecule has 0 amide bonds. The van der Waals surface area contributed by atoms with Gasteiger partial charge in [0.05, 0.1) is 18.4 Å². The van der Waals surface area contributed by atoms with Gasteiger partial charge in [-0.1, -0.05) is 13.8 Å². The van der Waals surface area contributed by atoms with E-state index in [1.54, 1.807) is 19.4 Å². The highest BCUT2D eigenvalue weighted by molar-refractivity contribution is 5.99. The fourth-order valence-electron chi connectivity index (χ4n) is 1.69. The Morgan fingerprint density at radius 3 is 2.83 bits per heavy atom. The molecule has 0 saturated heterocycles. The number of ether oxygens (including phenoxy) is 1. The summed E-state index contributed by atoms with van der Waals surface area (Å²) in [5.41, 5.74) is 6.18. The fraction of sp³-hybridized carbons (Fsp3) is 0.583. The molecule has 0 aromatic carbocycles. The third-order valence-electron chi connectivity index (χ3n) is 2.44. The number of aromatic nitrogens is 2. The topological polar surface area (TPSA) is 88.1 Å². The number of methoxy groups -OCH3 is 1. The van der Waals surface area contributed by atoms with Gasteiger partial charge in [0.1, 0.15) is 5.84 Å². The molecule has 3 N–H and O–H groups in total. The van der Waals surface area contributed by atoms with Crippen molar-refractivity contribution in [3.8, 4) is 0 Å². The Balaban J connectivity index is 2.99. The summed E-state index contributed by atoms with van der Waals surface area (Å²) in [7, 11) is 1.66. The number of hydrogen-bond acceptors (Lipinski definition) is 5. The van der Waals surface area contributed by atoms with Gasteiger partial charge in [-0.2, -0.15) is 5.10 Å². The molecule has 1 rings (SSSR count). The zero-order chi connectivity index (χ0) is 13.5. The van der Waals surface area contributed by atoms with Crippen molar-refractivity contribution in [3.05, 3.63) is 17.8 Å². The summed E-state index contributed by atoms with van der Waals surface area (Å²) >= 11 is 0. The van der Waals surface area contributed by atoms with Crippen LogP contribution in [0.15, 0.2) is 12.3 Å². The quantitative estimate of drug-likeness (QED) is 0.554. The van der Waals surface area contributed by atoms with Gasteiger partial charge in [0.15, 0.2) is 5.82 Å². The van der Waals surface area contributed by atoms with Crippen LogP contribution in [0, 0.1) is 11.3 Å². The predicted octanol–water partition coefficient (Wildman–Crippen LogP) is 0.869. The first-order chi connectivity index (χ1) is 8.56. The summed E-state index contributed by atoms with van der Waals surface area (Å²) in [5.74, 6) is 1.13. The average molecular weight is 251 g/mol. The SMILES string of the molecule is COCCN(CC(C)C)c1nnccc1C(=N)N. The minimum absolute atomic E-state index is 0.00562. The highest BCUT2D eigenvalue weighted by atomic mass is 16.5. The molecule has 0 radical (unpaired) electrons. The van der Waals surface area contributed by atoms with Gasteiger partial charge in [-0.15, -0.1) is 5.10 Å². The van der Waals surface area contributed by atoms with Crippen LogP contribution in [0.3, 0.4) is 0 Å². The van der Waals surface area contributed by atoms with Gasteiger partial charge in [-0.3, -0.25) is 5.41 Å². The molecular formula is C12H21N5O. The van der Waals surface area contributed by atoms with E-state index in [1.165, 1.54) is 0 Å². The summed E-state index contributed by atoms with van der Waals surface area (Å²) in [6.07, 6.45) is 1.55. The molecule has 6 nitrogen and oxygen atoms in total. The van der Waals surface area contributed by atoms with Crippen LogP contribution >= 0.6 is 0 Å². The molecule has 0 fully saturated rings. The van der Waals surface area contributed by atoms with Crippen LogP contribution in [-0.2, 0) is 4.74 Å². The van der Waals surface area contributed by atoms with E-state index in [4.69, 9.17) is 15.9 Å². The second kappa shape index (κ2) is 6.90. The molecule has 1 heterocycles. The maximum absolute atomic E-state index is 7.58. The second-order valence-corrected chi connectivity index (χ2v) is 4.51. The first kappa shape index (κ1) is 14.4. The monoisotopic (exact) mass is 251 g/mol. The average Bonchev–Trinajstić information content (AvgIpc) is 2.34. The normalized spacial score (nSPS) is 10.7. The highest BCUT2D eigenvalue weighted by Crippen LogP contribution is 2.16. The largest absolute Gasteiger partial charge is 0.384 e. The zero-order valence-electron chi connectivity index (χ0n) is 11.2. The predicted molar refractivity (Wildman–Crippen MR) is 72.0 cm³/mol. The molecule has 0 spiro atoms. The fourth-order valence-corrected chi connectivity index (χ4v) is 1.69. The summed E-state index contributed by atoms with van der Waals surface area (Å²) in [6.45, 7) is 6.38. The highest BCUT2D eigenvalue weighted by Gasteiger charge is 2.16. The number of rotatable bonds is 7. The van der Waals surface area contributed by atoms with E-state index in [0.717, 1.165) is 6.54 Å². The lowest BCUT2D eigenvalue weighted by molar-refractivity contribution is 0.204. The lowest BCUT2D eigenvalue weighted by Gasteiger charge is -2.26. The second-order valence-electron chi connectivity index (χ2n) is 4.51. The Hall–Kier alpha value is -1.69. The number of nitrogen functional groups attached to an aromatic ring is 1. The molecule has 0 aliphatic rings. The number of hydrogen-bond donors (Lipinski definition) is 2. The number of anilines is 1. The Morgan fingerprint density at radius 1 is 1.56 bits per heavy atom. The van der Waals surface area contributed by atoms with Gasteiger partial charge in [0.25, 0.3) is 0 Å². The lowest BCUT2D eigenvalue weighted by Crippen LogP contribution is -2.34. The maximum atomic E-state index is 7.58. The first-order valence-corrected chi connectivity index (χ1v) is 5.96. The minimum Gasteiger partial charge on any atom is -0.384 e. The summed E-state index contributed by atoms with van der Waals surface area (Å²) in [6, 6.07) is 1.71. The van der Waals surface area contributed by atoms with E-state index in [9.17, 15) is 0 Å². The molecule has 6 heteroatoms. The van der Waals surface area contributed by atoms with Crippen molar-refractivity contribution >= 4 is 11.7 Å². The van der Waals surface area contributed by atoms with E-state index in [1.807, 2.05) is 0 Å². The van der Waals surface area contributed by atoms with Gasteiger partial charge in [-0.05, 0) is 12.0 Å². The van der Waals surface area contributed by atoms with Crippen molar-refractivity contribution in [2.24, 2.45) is 11.7 Å². The molecule has 0 atom stereocenters. The molecule has 0 bridgehead atoms. The van der Waals surface area contributed by atoms with Crippen LogP contribution in [0.5, 0.6) is 0 Å². The van der Waals surface area contributed by atoms with Gasteiger partial charge >= 0.3 is 0 Å². The number of nitrogens with zero attached hydrogens (tertiary/aromatic N) is 3. The molecule has 1 aromatic heterocycles. The van der Waals surface area contributed by atoms with Crippen LogP contribution in [0.1, 0.15) is 19.4 Å². The summed E-state index contributed by atoms with van der Waals surface area (Å²) in [4.78, 5) is 2.05. The smallest absolute Gasteiger partial charge is 0.162 e. The Bertz CT molecular complexity index is 394. The number of nitrogens with two attached hydrogens (primary N) is 1. The van der Waals surface area contributed by atoms with E-state index in [0.29, 0.717) is 30.5 Å². The first-order valence-electron chi connectivity index (χ1n) is 5.96. The molecular weight excluding hydrogens is 230 g/mol. The van der Waals surface area contributed by atoms with Crippen molar-refractivity contribution in [3.63, 3.8) is 0 Å². The minimum atomic E-state index is 0.00562.